The van der Waals surface area contributed by atoms with Gasteiger partial charge in [0.2, 0.25) is 0 Å². The van der Waals surface area contributed by atoms with Crippen LogP contribution >= 0.6 is 0 Å². The molecule has 3 rings (SSSR count). The number of hydrogen-bond acceptors (Lipinski definition) is 3. The van der Waals surface area contributed by atoms with Crippen LogP contribution in [0.15, 0.2) is 100 Å². The lowest BCUT2D eigenvalue weighted by atomic mass is 9.99. The van der Waals surface area contributed by atoms with E-state index in [4.69, 9.17) is 0 Å². The largest absolute Gasteiger partial charge is 0.389 e. The van der Waals surface area contributed by atoms with Crippen molar-refractivity contribution >= 4 is 9.73 Å². The van der Waals surface area contributed by atoms with Crippen LogP contribution in [0.4, 0.5) is 0 Å². The maximum Gasteiger partial charge on any atom is 0.0786 e. The second-order valence-electron chi connectivity index (χ2n) is 7.03. The van der Waals surface area contributed by atoms with Crippen LogP contribution in [0.5, 0.6) is 0 Å². The molecule has 2 atom stereocenters. The van der Waals surface area contributed by atoms with E-state index in [9.17, 15) is 9.32 Å². The number of rotatable bonds is 7. The molecule has 0 heterocycles. The van der Waals surface area contributed by atoms with Crippen LogP contribution in [0.3, 0.4) is 0 Å². The van der Waals surface area contributed by atoms with Gasteiger partial charge in [-0.1, -0.05) is 78.9 Å². The average Bonchev–Trinajstić information content (AvgIpc) is 2.68. The Labute approximate surface area is 161 Å². The third-order valence-corrected chi connectivity index (χ3v) is 6.91. The standard InChI is InChI=1S/C23H25NO2S/c1-23(25,17-20-11-5-2-6-12-20)19-27(26,22-15-9-4-10-16-22)24-18-21-13-7-3-8-14-21/h2-16,25H,17-19H2,1H3/t23?,27-/m0/s1. The fraction of sp³-hybridized carbons (Fsp3) is 0.217. The van der Waals surface area contributed by atoms with E-state index < -0.39 is 15.3 Å². The molecule has 3 aromatic rings. The summed E-state index contributed by atoms with van der Waals surface area (Å²) in [6.45, 7) is 2.09. The van der Waals surface area contributed by atoms with Gasteiger partial charge in [-0.3, -0.25) is 0 Å². The quantitative estimate of drug-likeness (QED) is 0.646. The summed E-state index contributed by atoms with van der Waals surface area (Å²) in [6.07, 6.45) is 0.429. The predicted octanol–water partition coefficient (Wildman–Crippen LogP) is 4.71. The molecule has 3 nitrogen and oxygen atoms in total. The van der Waals surface area contributed by atoms with Crippen molar-refractivity contribution in [2.75, 3.05) is 5.75 Å². The first-order chi connectivity index (χ1) is 13.0. The molecular weight excluding hydrogens is 354 g/mol. The average molecular weight is 380 g/mol. The van der Waals surface area contributed by atoms with E-state index in [0.717, 1.165) is 11.1 Å². The molecule has 0 aromatic heterocycles. The zero-order valence-electron chi connectivity index (χ0n) is 15.5. The van der Waals surface area contributed by atoms with Crippen LogP contribution in [0.25, 0.3) is 0 Å². The highest BCUT2D eigenvalue weighted by Crippen LogP contribution is 2.23. The zero-order valence-corrected chi connectivity index (χ0v) is 16.3. The smallest absolute Gasteiger partial charge is 0.0786 e. The molecule has 0 bridgehead atoms. The van der Waals surface area contributed by atoms with E-state index in [1.807, 2.05) is 91.0 Å². The SMILES string of the molecule is CC(O)(Cc1ccccc1)C[S@@](=O)(=NCc1ccccc1)c1ccccc1. The molecule has 3 aromatic carbocycles. The van der Waals surface area contributed by atoms with Crippen LogP contribution in [0.2, 0.25) is 0 Å². The van der Waals surface area contributed by atoms with Gasteiger partial charge < -0.3 is 5.11 Å². The van der Waals surface area contributed by atoms with Gasteiger partial charge in [0, 0.05) is 11.3 Å². The van der Waals surface area contributed by atoms with E-state index >= 15 is 0 Å². The molecule has 0 aliphatic rings. The maximum atomic E-state index is 13.8. The normalized spacial score (nSPS) is 15.5. The summed E-state index contributed by atoms with van der Waals surface area (Å²) in [5, 5.41) is 11.0. The molecule has 0 aliphatic carbocycles. The molecule has 1 N–H and O–H groups in total. The van der Waals surface area contributed by atoms with E-state index in [2.05, 4.69) is 4.36 Å². The van der Waals surface area contributed by atoms with Gasteiger partial charge in [0.15, 0.2) is 0 Å². The van der Waals surface area contributed by atoms with E-state index in [1.54, 1.807) is 6.92 Å². The van der Waals surface area contributed by atoms with Crippen LogP contribution in [0.1, 0.15) is 18.1 Å². The minimum atomic E-state index is -2.77. The van der Waals surface area contributed by atoms with E-state index in [1.165, 1.54) is 0 Å². The van der Waals surface area contributed by atoms with Crippen LogP contribution in [-0.4, -0.2) is 20.7 Å². The van der Waals surface area contributed by atoms with Gasteiger partial charge in [-0.25, -0.2) is 8.57 Å². The third-order valence-electron chi connectivity index (χ3n) is 4.34. The number of benzene rings is 3. The first kappa shape index (κ1) is 19.3. The van der Waals surface area contributed by atoms with Crippen LogP contribution < -0.4 is 0 Å². The van der Waals surface area contributed by atoms with Gasteiger partial charge >= 0.3 is 0 Å². The lowest BCUT2D eigenvalue weighted by Crippen LogP contribution is -2.36. The molecule has 0 fully saturated rings. The highest BCUT2D eigenvalue weighted by Gasteiger charge is 2.28. The summed E-state index contributed by atoms with van der Waals surface area (Å²) in [7, 11) is -2.77. The van der Waals surface area contributed by atoms with Crippen molar-refractivity contribution < 1.29 is 9.32 Å². The highest BCUT2D eigenvalue weighted by atomic mass is 32.2. The summed E-state index contributed by atoms with van der Waals surface area (Å²) in [5.74, 6) is 0.0890. The van der Waals surface area contributed by atoms with Crippen molar-refractivity contribution in [1.29, 1.82) is 0 Å². The van der Waals surface area contributed by atoms with Crippen LogP contribution in [-0.2, 0) is 22.7 Å². The minimum absolute atomic E-state index is 0.0890. The fourth-order valence-corrected chi connectivity index (χ4v) is 5.40. The second-order valence-corrected chi connectivity index (χ2v) is 9.33. The van der Waals surface area contributed by atoms with Crippen molar-refractivity contribution in [1.82, 2.24) is 0 Å². The summed E-state index contributed by atoms with van der Waals surface area (Å²) >= 11 is 0. The lowest BCUT2D eigenvalue weighted by Gasteiger charge is -2.25. The Morgan fingerprint density at radius 2 is 1.30 bits per heavy atom. The Morgan fingerprint density at radius 3 is 1.85 bits per heavy atom. The third kappa shape index (κ3) is 5.52. The number of aliphatic hydroxyl groups is 1. The first-order valence-electron chi connectivity index (χ1n) is 9.03. The fourth-order valence-electron chi connectivity index (χ4n) is 3.11. The monoisotopic (exact) mass is 379 g/mol. The van der Waals surface area contributed by atoms with Crippen molar-refractivity contribution in [2.24, 2.45) is 4.36 Å². The van der Waals surface area contributed by atoms with Gasteiger partial charge in [0.25, 0.3) is 0 Å². The molecule has 0 saturated carbocycles. The summed E-state index contributed by atoms with van der Waals surface area (Å²) < 4.78 is 18.4. The number of hydrogen-bond donors (Lipinski definition) is 1. The molecule has 4 heteroatoms. The Bertz CT molecular complexity index is 961. The molecule has 0 saturated heterocycles. The Hall–Kier alpha value is -2.43. The molecule has 27 heavy (non-hydrogen) atoms. The van der Waals surface area contributed by atoms with Crippen molar-refractivity contribution in [3.05, 3.63) is 102 Å². The van der Waals surface area contributed by atoms with Crippen molar-refractivity contribution in [3.63, 3.8) is 0 Å². The van der Waals surface area contributed by atoms with Gasteiger partial charge in [-0.05, 0) is 30.2 Å². The molecule has 0 radical (unpaired) electrons. The van der Waals surface area contributed by atoms with Crippen LogP contribution in [0, 0.1) is 0 Å². The summed E-state index contributed by atoms with van der Waals surface area (Å²) in [4.78, 5) is 0.661. The molecule has 140 valence electrons. The highest BCUT2D eigenvalue weighted by molar-refractivity contribution is 7.93. The van der Waals surface area contributed by atoms with E-state index in [-0.39, 0.29) is 5.75 Å². The molecule has 0 aliphatic heterocycles. The molecule has 0 spiro atoms. The Morgan fingerprint density at radius 1 is 0.815 bits per heavy atom. The molecule has 1 unspecified atom stereocenters. The zero-order chi connectivity index (χ0) is 19.2. The predicted molar refractivity (Wildman–Crippen MR) is 111 cm³/mol. The second kappa shape index (κ2) is 8.51. The van der Waals surface area contributed by atoms with Gasteiger partial charge in [-0.2, -0.15) is 0 Å². The lowest BCUT2D eigenvalue weighted by molar-refractivity contribution is 0.0848. The Balaban J connectivity index is 1.91. The van der Waals surface area contributed by atoms with Gasteiger partial charge in [-0.15, -0.1) is 0 Å². The topological polar surface area (TPSA) is 49.7 Å². The number of nitrogens with zero attached hydrogens (tertiary/aromatic N) is 1. The molecular formula is C23H25NO2S. The first-order valence-corrected chi connectivity index (χ1v) is 10.7. The molecule has 0 amide bonds. The summed E-state index contributed by atoms with van der Waals surface area (Å²) in [5.41, 5.74) is 0.887. The minimum Gasteiger partial charge on any atom is -0.389 e. The Kier molecular flexibility index (Phi) is 6.09. The summed E-state index contributed by atoms with van der Waals surface area (Å²) in [6, 6.07) is 28.8. The van der Waals surface area contributed by atoms with Crippen molar-refractivity contribution in [3.8, 4) is 0 Å². The van der Waals surface area contributed by atoms with Gasteiger partial charge in [0.1, 0.15) is 0 Å². The van der Waals surface area contributed by atoms with E-state index in [0.29, 0.717) is 17.9 Å². The van der Waals surface area contributed by atoms with Gasteiger partial charge in [0.05, 0.1) is 27.6 Å². The maximum absolute atomic E-state index is 13.8. The van der Waals surface area contributed by atoms with Crippen molar-refractivity contribution in [2.45, 2.75) is 30.4 Å².